The van der Waals surface area contributed by atoms with Gasteiger partial charge < -0.3 is 4.74 Å². The smallest absolute Gasteiger partial charge is 0.173 e. The van der Waals surface area contributed by atoms with Crippen molar-refractivity contribution in [2.24, 2.45) is 0 Å². The summed E-state index contributed by atoms with van der Waals surface area (Å²) in [4.78, 5) is 11.7. The number of benzene rings is 1. The van der Waals surface area contributed by atoms with Crippen LogP contribution < -0.4 is 4.74 Å². The van der Waals surface area contributed by atoms with Crippen molar-refractivity contribution in [3.63, 3.8) is 0 Å². The van der Waals surface area contributed by atoms with Crippen molar-refractivity contribution in [2.45, 2.75) is 25.9 Å². The lowest BCUT2D eigenvalue weighted by Gasteiger charge is -2.31. The number of Topliss-reactive ketones (excluding diaryl/α,β-unsaturated/α-hetero) is 1. The quantitative estimate of drug-likeness (QED) is 0.724. The molecule has 0 fully saturated rings. The monoisotopic (exact) mass is 272 g/mol. The molecule has 0 atom stereocenters. The Hall–Kier alpha value is -0.900. The molecule has 0 aliphatic carbocycles. The number of halogens is 2. The van der Waals surface area contributed by atoms with Crippen LogP contribution in [0.1, 0.15) is 30.6 Å². The van der Waals surface area contributed by atoms with Crippen LogP contribution in [0.2, 0.25) is 0 Å². The normalized spacial score (nSPS) is 18.3. The molecule has 1 heterocycles. The van der Waals surface area contributed by atoms with Crippen LogP contribution in [0.15, 0.2) is 16.6 Å². The van der Waals surface area contributed by atoms with Crippen LogP contribution in [-0.4, -0.2) is 11.4 Å². The summed E-state index contributed by atoms with van der Waals surface area (Å²) < 4.78 is 19.5. The molecule has 0 bridgehead atoms. The number of rotatable bonds is 0. The molecule has 15 heavy (non-hydrogen) atoms. The van der Waals surface area contributed by atoms with Gasteiger partial charge in [0.2, 0.25) is 0 Å². The molecule has 0 saturated heterocycles. The first-order valence-electron chi connectivity index (χ1n) is 4.61. The Morgan fingerprint density at radius 3 is 2.80 bits per heavy atom. The molecule has 0 saturated carbocycles. The molecular formula is C11H10BrFO2. The van der Waals surface area contributed by atoms with E-state index in [0.29, 0.717) is 5.75 Å². The van der Waals surface area contributed by atoms with E-state index in [1.807, 2.05) is 13.8 Å². The fourth-order valence-corrected chi connectivity index (χ4v) is 2.02. The molecule has 80 valence electrons. The second-order valence-electron chi connectivity index (χ2n) is 4.20. The summed E-state index contributed by atoms with van der Waals surface area (Å²) in [7, 11) is 0. The predicted molar refractivity (Wildman–Crippen MR) is 57.8 cm³/mol. The summed E-state index contributed by atoms with van der Waals surface area (Å²) in [6.07, 6.45) is 0.202. The lowest BCUT2D eigenvalue weighted by molar-refractivity contribution is 0.0611. The predicted octanol–water partition coefficient (Wildman–Crippen LogP) is 3.33. The lowest BCUT2D eigenvalue weighted by atomic mass is 9.93. The molecule has 4 heteroatoms. The molecule has 0 aromatic heterocycles. The van der Waals surface area contributed by atoms with Crippen molar-refractivity contribution >= 4 is 21.7 Å². The Bertz CT molecular complexity index is 440. The molecule has 1 aromatic rings. The summed E-state index contributed by atoms with van der Waals surface area (Å²) in [6.45, 7) is 3.63. The zero-order valence-corrected chi connectivity index (χ0v) is 10.0. The van der Waals surface area contributed by atoms with Crippen molar-refractivity contribution in [2.75, 3.05) is 0 Å². The van der Waals surface area contributed by atoms with E-state index in [1.165, 1.54) is 0 Å². The maximum atomic E-state index is 13.6. The third-order valence-electron chi connectivity index (χ3n) is 2.31. The summed E-state index contributed by atoms with van der Waals surface area (Å²) in [5, 5.41) is 0. The number of carbonyl (C=O) groups excluding carboxylic acids is 1. The second kappa shape index (κ2) is 3.30. The van der Waals surface area contributed by atoms with E-state index in [9.17, 15) is 9.18 Å². The van der Waals surface area contributed by atoms with Crippen molar-refractivity contribution in [1.82, 2.24) is 0 Å². The van der Waals surface area contributed by atoms with E-state index < -0.39 is 11.4 Å². The van der Waals surface area contributed by atoms with Crippen molar-refractivity contribution in [1.29, 1.82) is 0 Å². The topological polar surface area (TPSA) is 26.3 Å². The van der Waals surface area contributed by atoms with Gasteiger partial charge in [-0.2, -0.15) is 0 Å². The first-order chi connectivity index (χ1) is 6.91. The fraction of sp³-hybridized carbons (Fsp3) is 0.364. The summed E-state index contributed by atoms with van der Waals surface area (Å²) in [5.74, 6) is -0.412. The molecule has 0 radical (unpaired) electrons. The minimum absolute atomic E-state index is 0.0590. The molecule has 0 N–H and O–H groups in total. The molecule has 0 amide bonds. The summed E-state index contributed by atoms with van der Waals surface area (Å²) >= 11 is 3.05. The second-order valence-corrected chi connectivity index (χ2v) is 5.05. The molecule has 1 aliphatic rings. The highest BCUT2D eigenvalue weighted by Crippen LogP contribution is 2.36. The SMILES string of the molecule is CC1(C)CC(=O)c2c(ccc(Br)c2F)O1. The lowest BCUT2D eigenvalue weighted by Crippen LogP contribution is -2.36. The fourth-order valence-electron chi connectivity index (χ4n) is 1.69. The van der Waals surface area contributed by atoms with E-state index in [2.05, 4.69) is 15.9 Å². The molecule has 2 rings (SSSR count). The van der Waals surface area contributed by atoms with E-state index >= 15 is 0 Å². The Kier molecular flexibility index (Phi) is 2.34. The third-order valence-corrected chi connectivity index (χ3v) is 2.92. The van der Waals surface area contributed by atoms with Crippen LogP contribution in [0.4, 0.5) is 4.39 Å². The highest BCUT2D eigenvalue weighted by atomic mass is 79.9. The van der Waals surface area contributed by atoms with Gasteiger partial charge in [0.1, 0.15) is 11.4 Å². The average Bonchev–Trinajstić information content (AvgIpc) is 2.09. The minimum atomic E-state index is -0.551. The minimum Gasteiger partial charge on any atom is -0.487 e. The molecule has 0 unspecified atom stereocenters. The maximum absolute atomic E-state index is 13.6. The van der Waals surface area contributed by atoms with Crippen molar-refractivity contribution in [3.8, 4) is 5.75 Å². The number of hydrogen-bond donors (Lipinski definition) is 0. The van der Waals surface area contributed by atoms with Gasteiger partial charge in [0, 0.05) is 0 Å². The van der Waals surface area contributed by atoms with Crippen LogP contribution in [0.25, 0.3) is 0 Å². The Morgan fingerprint density at radius 1 is 1.47 bits per heavy atom. The number of carbonyl (C=O) groups is 1. The van der Waals surface area contributed by atoms with Crippen LogP contribution in [-0.2, 0) is 0 Å². The highest BCUT2D eigenvalue weighted by Gasteiger charge is 2.34. The van der Waals surface area contributed by atoms with Crippen molar-refractivity contribution in [3.05, 3.63) is 28.0 Å². The van der Waals surface area contributed by atoms with Gasteiger partial charge in [-0.15, -0.1) is 0 Å². The number of ketones is 1. The summed E-state index contributed by atoms with van der Waals surface area (Å²) in [5.41, 5.74) is -0.492. The molecule has 1 aromatic carbocycles. The van der Waals surface area contributed by atoms with Gasteiger partial charge in [-0.05, 0) is 41.9 Å². The molecule has 0 spiro atoms. The van der Waals surface area contributed by atoms with Gasteiger partial charge in [0.15, 0.2) is 11.6 Å². The van der Waals surface area contributed by atoms with Gasteiger partial charge in [-0.25, -0.2) is 4.39 Å². The van der Waals surface area contributed by atoms with E-state index in [1.54, 1.807) is 12.1 Å². The van der Waals surface area contributed by atoms with Crippen molar-refractivity contribution < 1.29 is 13.9 Å². The third kappa shape index (κ3) is 1.78. The van der Waals surface area contributed by atoms with E-state index in [-0.39, 0.29) is 22.2 Å². The van der Waals surface area contributed by atoms with Crippen LogP contribution >= 0.6 is 15.9 Å². The van der Waals surface area contributed by atoms with Gasteiger partial charge in [0.05, 0.1) is 16.5 Å². The van der Waals surface area contributed by atoms with E-state index in [4.69, 9.17) is 4.74 Å². The largest absolute Gasteiger partial charge is 0.487 e. The zero-order chi connectivity index (χ0) is 11.2. The molecule has 2 nitrogen and oxygen atoms in total. The molecular weight excluding hydrogens is 263 g/mol. The van der Waals surface area contributed by atoms with Gasteiger partial charge in [0.25, 0.3) is 0 Å². The number of fused-ring (bicyclic) bond motifs is 1. The zero-order valence-electron chi connectivity index (χ0n) is 8.43. The number of ether oxygens (including phenoxy) is 1. The Labute approximate surface area is 95.6 Å². The Morgan fingerprint density at radius 2 is 2.13 bits per heavy atom. The van der Waals surface area contributed by atoms with E-state index in [0.717, 1.165) is 0 Å². The first kappa shape index (κ1) is 10.6. The highest BCUT2D eigenvalue weighted by molar-refractivity contribution is 9.10. The number of hydrogen-bond acceptors (Lipinski definition) is 2. The molecule has 1 aliphatic heterocycles. The van der Waals surface area contributed by atoms with Crippen LogP contribution in [0, 0.1) is 5.82 Å². The Balaban J connectivity index is 2.60. The first-order valence-corrected chi connectivity index (χ1v) is 5.40. The van der Waals surface area contributed by atoms with Crippen LogP contribution in [0.5, 0.6) is 5.75 Å². The maximum Gasteiger partial charge on any atom is 0.173 e. The van der Waals surface area contributed by atoms with Crippen LogP contribution in [0.3, 0.4) is 0 Å². The van der Waals surface area contributed by atoms with Gasteiger partial charge in [-0.3, -0.25) is 4.79 Å². The summed E-state index contributed by atoms with van der Waals surface area (Å²) in [6, 6.07) is 3.16. The van der Waals surface area contributed by atoms with Gasteiger partial charge >= 0.3 is 0 Å². The average molecular weight is 273 g/mol. The van der Waals surface area contributed by atoms with Gasteiger partial charge in [-0.1, -0.05) is 0 Å². The standard InChI is InChI=1S/C11H10BrFO2/c1-11(2)5-7(14)9-8(15-11)4-3-6(12)10(9)13/h3-4H,5H2,1-2H3.